The molecule has 1 aromatic heterocycles. The Morgan fingerprint density at radius 1 is 1.19 bits per heavy atom. The lowest BCUT2D eigenvalue weighted by Crippen LogP contribution is -2.29. The van der Waals surface area contributed by atoms with Gasteiger partial charge >= 0.3 is 13.6 Å². The Bertz CT molecular complexity index is 750. The van der Waals surface area contributed by atoms with Crippen LogP contribution in [0.2, 0.25) is 0 Å². The zero-order valence-corrected chi connectivity index (χ0v) is 15.7. The molecule has 5 N–H and O–H groups in total. The zero-order chi connectivity index (χ0) is 19.6. The van der Waals surface area contributed by atoms with Gasteiger partial charge in [-0.1, -0.05) is 44.7 Å². The van der Waals surface area contributed by atoms with E-state index < -0.39 is 19.6 Å². The van der Waals surface area contributed by atoms with Crippen LogP contribution in [0.3, 0.4) is 0 Å². The molecule has 0 fully saturated rings. The molecule has 8 nitrogen and oxygen atoms in total. The number of rotatable bonds is 8. The molecule has 0 saturated carbocycles. The van der Waals surface area contributed by atoms with Crippen LogP contribution in [0.25, 0.3) is 11.0 Å². The molecule has 0 aliphatic rings. The fourth-order valence-electron chi connectivity index (χ4n) is 2.20. The number of aromatic nitrogens is 2. The monoisotopic (exact) mass is 383 g/mol. The minimum absolute atomic E-state index is 0.307. The molecule has 1 heterocycles. The average Bonchev–Trinajstić information content (AvgIpc) is 2.57. The van der Waals surface area contributed by atoms with Gasteiger partial charge in [-0.15, -0.1) is 0 Å². The summed E-state index contributed by atoms with van der Waals surface area (Å²) in [4.78, 5) is 36.0. The van der Waals surface area contributed by atoms with Crippen molar-refractivity contribution in [3.05, 3.63) is 36.2 Å². The van der Waals surface area contributed by atoms with E-state index in [9.17, 15) is 9.36 Å². The first-order valence-corrected chi connectivity index (χ1v) is 10.3. The standard InChI is InChI=1S/C9H9N2O3P.C8H17NO2/c12-15(13,14)6-7-5-10-8-3-1-2-4-9(8)11-7;1-2-3-4-5-6-7(9)8(10)11/h1-5H,6H2,(H2,12,13,14);7H,2-6,9H2,1H3,(H,10,11). The van der Waals surface area contributed by atoms with Gasteiger partial charge in [-0.25, -0.2) is 4.98 Å². The second kappa shape index (κ2) is 11.0. The highest BCUT2D eigenvalue weighted by Gasteiger charge is 2.15. The summed E-state index contributed by atoms with van der Waals surface area (Å²) in [7, 11) is -4.07. The van der Waals surface area contributed by atoms with Gasteiger partial charge in [0, 0.05) is 6.20 Å². The molecule has 1 unspecified atom stereocenters. The number of hydrogen-bond acceptors (Lipinski definition) is 5. The van der Waals surface area contributed by atoms with Crippen molar-refractivity contribution in [2.75, 3.05) is 0 Å². The van der Waals surface area contributed by atoms with Crippen LogP contribution in [0.15, 0.2) is 30.5 Å². The molecule has 26 heavy (non-hydrogen) atoms. The highest BCUT2D eigenvalue weighted by molar-refractivity contribution is 7.50. The van der Waals surface area contributed by atoms with Gasteiger partial charge in [-0.2, -0.15) is 0 Å². The average molecular weight is 383 g/mol. The third kappa shape index (κ3) is 9.01. The predicted octanol–water partition coefficient (Wildman–Crippen LogP) is 2.68. The molecule has 0 aliphatic heterocycles. The number of benzene rings is 1. The number of nitrogens with zero attached hydrogens (tertiary/aromatic N) is 2. The smallest absolute Gasteiger partial charge is 0.331 e. The van der Waals surface area contributed by atoms with Gasteiger partial charge in [0.1, 0.15) is 6.04 Å². The van der Waals surface area contributed by atoms with Crippen LogP contribution in [0.4, 0.5) is 0 Å². The quantitative estimate of drug-likeness (QED) is 0.402. The maximum absolute atomic E-state index is 10.8. The van der Waals surface area contributed by atoms with Crippen molar-refractivity contribution in [2.24, 2.45) is 5.73 Å². The van der Waals surface area contributed by atoms with E-state index in [0.29, 0.717) is 23.1 Å². The highest BCUT2D eigenvalue weighted by atomic mass is 31.2. The van der Waals surface area contributed by atoms with E-state index in [1.165, 1.54) is 19.0 Å². The lowest BCUT2D eigenvalue weighted by Gasteiger charge is -2.04. The third-order valence-corrected chi connectivity index (χ3v) is 4.29. The second-order valence-electron chi connectivity index (χ2n) is 5.97. The summed E-state index contributed by atoms with van der Waals surface area (Å²) in [6.45, 7) is 2.12. The van der Waals surface area contributed by atoms with E-state index in [2.05, 4.69) is 16.9 Å². The first-order valence-electron chi connectivity index (χ1n) is 8.46. The zero-order valence-electron chi connectivity index (χ0n) is 14.8. The first-order chi connectivity index (χ1) is 12.2. The Morgan fingerprint density at radius 2 is 1.85 bits per heavy atom. The Kier molecular flexibility index (Phi) is 9.37. The van der Waals surface area contributed by atoms with Crippen LogP contribution in [-0.2, 0) is 15.5 Å². The van der Waals surface area contributed by atoms with E-state index in [1.54, 1.807) is 18.2 Å². The summed E-state index contributed by atoms with van der Waals surface area (Å²) in [5.41, 5.74) is 6.96. The number of hydrogen-bond donors (Lipinski definition) is 4. The largest absolute Gasteiger partial charge is 0.480 e. The van der Waals surface area contributed by atoms with Crippen LogP contribution in [0.5, 0.6) is 0 Å². The Balaban J connectivity index is 0.000000276. The van der Waals surface area contributed by atoms with Crippen molar-refractivity contribution in [3.63, 3.8) is 0 Å². The fourth-order valence-corrected chi connectivity index (χ4v) is 2.77. The summed E-state index contributed by atoms with van der Waals surface area (Å²) in [6.07, 6.45) is 6.00. The van der Waals surface area contributed by atoms with E-state index in [1.807, 2.05) is 6.07 Å². The molecule has 0 spiro atoms. The topological polar surface area (TPSA) is 147 Å². The molecule has 0 amide bonds. The van der Waals surface area contributed by atoms with E-state index in [-0.39, 0.29) is 6.16 Å². The van der Waals surface area contributed by atoms with Crippen molar-refractivity contribution < 1.29 is 24.3 Å². The molecule has 144 valence electrons. The predicted molar refractivity (Wildman–Crippen MR) is 99.7 cm³/mol. The molecular formula is C17H26N3O5P. The molecule has 2 aromatic rings. The number of unbranched alkanes of at least 4 members (excludes halogenated alkanes) is 3. The van der Waals surface area contributed by atoms with Crippen molar-refractivity contribution in [1.82, 2.24) is 9.97 Å². The lowest BCUT2D eigenvalue weighted by molar-refractivity contribution is -0.138. The molecule has 0 saturated heterocycles. The number of carboxylic acids is 1. The van der Waals surface area contributed by atoms with Gasteiger partial charge < -0.3 is 20.6 Å². The van der Waals surface area contributed by atoms with Gasteiger partial charge in [0.05, 0.1) is 22.9 Å². The minimum Gasteiger partial charge on any atom is -0.480 e. The van der Waals surface area contributed by atoms with Gasteiger partial charge in [0.25, 0.3) is 0 Å². The molecule has 1 aromatic carbocycles. The maximum Gasteiger partial charge on any atom is 0.331 e. The first kappa shape index (κ1) is 22.2. The SMILES string of the molecule is CCCCCCC(N)C(=O)O.O=P(O)(O)Cc1cnc2ccccc2n1. The molecule has 9 heteroatoms. The van der Waals surface area contributed by atoms with E-state index in [0.717, 1.165) is 12.8 Å². The van der Waals surface area contributed by atoms with E-state index >= 15 is 0 Å². The van der Waals surface area contributed by atoms with Crippen LogP contribution < -0.4 is 5.73 Å². The maximum atomic E-state index is 10.8. The van der Waals surface area contributed by atoms with Crippen molar-refractivity contribution in [1.29, 1.82) is 0 Å². The fraction of sp³-hybridized carbons (Fsp3) is 0.471. The van der Waals surface area contributed by atoms with Crippen LogP contribution >= 0.6 is 7.60 Å². The number of para-hydroxylation sites is 2. The number of nitrogens with two attached hydrogens (primary N) is 1. The second-order valence-corrected chi connectivity index (χ2v) is 7.61. The number of carboxylic acid groups (broad SMARTS) is 1. The Morgan fingerprint density at radius 3 is 2.42 bits per heavy atom. The van der Waals surface area contributed by atoms with Crippen LogP contribution in [0, 0.1) is 0 Å². The Hall–Kier alpha value is -1.86. The van der Waals surface area contributed by atoms with Crippen LogP contribution in [-0.4, -0.2) is 36.9 Å². The van der Waals surface area contributed by atoms with Gasteiger partial charge in [-0.3, -0.25) is 14.3 Å². The number of fused-ring (bicyclic) bond motifs is 1. The summed E-state index contributed by atoms with van der Waals surface area (Å²) in [6, 6.07) is 6.53. The summed E-state index contributed by atoms with van der Waals surface area (Å²) in [5.74, 6) is -0.888. The molecule has 0 radical (unpaired) electrons. The highest BCUT2D eigenvalue weighted by Crippen LogP contribution is 2.38. The molecule has 0 aliphatic carbocycles. The van der Waals surface area contributed by atoms with Crippen molar-refractivity contribution >= 4 is 24.6 Å². The Labute approximate surface area is 152 Å². The molecular weight excluding hydrogens is 357 g/mol. The van der Waals surface area contributed by atoms with Crippen molar-refractivity contribution in [3.8, 4) is 0 Å². The molecule has 1 atom stereocenters. The summed E-state index contributed by atoms with van der Waals surface area (Å²) < 4.78 is 10.8. The summed E-state index contributed by atoms with van der Waals surface area (Å²) in [5, 5.41) is 8.41. The molecule has 2 rings (SSSR count). The summed E-state index contributed by atoms with van der Waals surface area (Å²) >= 11 is 0. The number of aliphatic carboxylic acids is 1. The third-order valence-electron chi connectivity index (χ3n) is 3.55. The van der Waals surface area contributed by atoms with Crippen molar-refractivity contribution in [2.45, 2.75) is 51.2 Å². The van der Waals surface area contributed by atoms with Gasteiger partial charge in [0.2, 0.25) is 0 Å². The van der Waals surface area contributed by atoms with Crippen LogP contribution in [0.1, 0.15) is 44.7 Å². The molecule has 0 bridgehead atoms. The number of carbonyl (C=O) groups is 1. The normalized spacial score (nSPS) is 12.3. The lowest BCUT2D eigenvalue weighted by atomic mass is 10.1. The van der Waals surface area contributed by atoms with Gasteiger partial charge in [0.15, 0.2) is 0 Å². The van der Waals surface area contributed by atoms with E-state index in [4.69, 9.17) is 20.6 Å². The minimum atomic E-state index is -4.07. The van der Waals surface area contributed by atoms with Gasteiger partial charge in [-0.05, 0) is 18.6 Å².